The zero-order chi connectivity index (χ0) is 15.3. The van der Waals surface area contributed by atoms with Gasteiger partial charge in [0.1, 0.15) is 0 Å². The Bertz CT molecular complexity index is 825. The molecular weight excluding hydrogens is 300 g/mol. The quantitative estimate of drug-likeness (QED) is 0.759. The Hall–Kier alpha value is -2.20. The summed E-state index contributed by atoms with van der Waals surface area (Å²) in [6, 6.07) is 9.29. The van der Waals surface area contributed by atoms with Gasteiger partial charge < -0.3 is 0 Å². The lowest BCUT2D eigenvalue weighted by molar-refractivity contribution is -0.122. The molecule has 4 rings (SSSR count). The maximum Gasteiger partial charge on any atom is 0.238 e. The van der Waals surface area contributed by atoms with Gasteiger partial charge in [0.15, 0.2) is 0 Å². The van der Waals surface area contributed by atoms with Crippen LogP contribution in [-0.2, 0) is 9.59 Å². The number of imide groups is 1. The lowest BCUT2D eigenvalue weighted by Gasteiger charge is -2.17. The van der Waals surface area contributed by atoms with Crippen molar-refractivity contribution in [2.45, 2.75) is 12.8 Å². The molecule has 5 heteroatoms. The number of aromatic nitrogens is 1. The number of hydrogen-bond donors (Lipinski definition) is 0. The number of nitrogens with zero attached hydrogens (tertiary/aromatic N) is 2. The van der Waals surface area contributed by atoms with E-state index in [0.29, 0.717) is 29.1 Å². The van der Waals surface area contributed by atoms with Crippen LogP contribution in [0.2, 0.25) is 0 Å². The number of benzene rings is 1. The van der Waals surface area contributed by atoms with Crippen LogP contribution in [0.15, 0.2) is 47.6 Å². The summed E-state index contributed by atoms with van der Waals surface area (Å²) < 4.78 is 0. The van der Waals surface area contributed by atoms with E-state index >= 15 is 0 Å². The molecule has 110 valence electrons. The zero-order valence-electron chi connectivity index (χ0n) is 11.7. The first-order chi connectivity index (χ1) is 10.7. The first-order valence-corrected chi connectivity index (χ1v) is 7.60. The molecule has 0 N–H and O–H groups in total. The number of allylic oxidation sites excluding steroid dienone is 2. The Labute approximate surface area is 132 Å². The third-order valence-electron chi connectivity index (χ3n) is 4.42. The second-order valence-electron chi connectivity index (χ2n) is 5.67. The Morgan fingerprint density at radius 3 is 2.73 bits per heavy atom. The maximum atomic E-state index is 12.7. The van der Waals surface area contributed by atoms with E-state index in [-0.39, 0.29) is 23.7 Å². The topological polar surface area (TPSA) is 50.3 Å². The molecule has 2 aromatic rings. The lowest BCUT2D eigenvalue weighted by Crippen LogP contribution is -2.31. The van der Waals surface area contributed by atoms with Crippen LogP contribution in [0.4, 0.5) is 5.69 Å². The van der Waals surface area contributed by atoms with Gasteiger partial charge in [0.05, 0.1) is 23.0 Å². The van der Waals surface area contributed by atoms with E-state index in [9.17, 15) is 9.59 Å². The molecular formula is C17H13ClN2O2. The summed E-state index contributed by atoms with van der Waals surface area (Å²) in [6.45, 7) is 0. The highest BCUT2D eigenvalue weighted by Crippen LogP contribution is 2.41. The molecule has 2 aliphatic rings. The van der Waals surface area contributed by atoms with Crippen molar-refractivity contribution in [1.82, 2.24) is 4.98 Å². The van der Waals surface area contributed by atoms with E-state index in [1.807, 2.05) is 30.3 Å². The number of pyridine rings is 1. The van der Waals surface area contributed by atoms with Crippen LogP contribution >= 0.6 is 11.6 Å². The van der Waals surface area contributed by atoms with Crippen molar-refractivity contribution in [2.75, 3.05) is 4.90 Å². The molecule has 2 atom stereocenters. The summed E-state index contributed by atoms with van der Waals surface area (Å²) in [6.07, 6.45) is 4.50. The van der Waals surface area contributed by atoms with Crippen LogP contribution in [0.25, 0.3) is 10.9 Å². The number of carbonyl (C=O) groups is 2. The Balaban J connectivity index is 1.83. The Morgan fingerprint density at radius 2 is 1.86 bits per heavy atom. The van der Waals surface area contributed by atoms with E-state index in [2.05, 4.69) is 4.98 Å². The minimum absolute atomic E-state index is 0.145. The third kappa shape index (κ3) is 1.87. The standard InChI is InChI=1S/C17H13ClN2O2/c18-11-6-7-12-13(9-11)17(22)20(16(12)21)14-5-1-3-10-4-2-8-19-15(10)14/h1-6,8,12-13H,7,9H2/t12-,13-/m0/s1. The van der Waals surface area contributed by atoms with Crippen molar-refractivity contribution in [3.8, 4) is 0 Å². The maximum absolute atomic E-state index is 12.7. The third-order valence-corrected chi connectivity index (χ3v) is 4.73. The molecule has 0 radical (unpaired) electrons. The predicted molar refractivity (Wildman–Crippen MR) is 84.4 cm³/mol. The molecule has 0 unspecified atom stereocenters. The fraction of sp³-hybridized carbons (Fsp3) is 0.235. The number of carbonyl (C=O) groups excluding carboxylic acids is 2. The van der Waals surface area contributed by atoms with Crippen LogP contribution in [0, 0.1) is 11.8 Å². The average Bonchev–Trinajstić information content (AvgIpc) is 2.78. The van der Waals surface area contributed by atoms with E-state index in [0.717, 1.165) is 5.39 Å². The smallest absolute Gasteiger partial charge is 0.238 e. The SMILES string of the molecule is O=C1[C@H]2CC=C(Cl)C[C@@H]2C(=O)N1c1cccc2cccnc12. The van der Waals surface area contributed by atoms with Crippen molar-refractivity contribution in [1.29, 1.82) is 0 Å². The summed E-state index contributed by atoms with van der Waals surface area (Å²) >= 11 is 6.05. The van der Waals surface area contributed by atoms with Gasteiger partial charge in [-0.3, -0.25) is 14.6 Å². The lowest BCUT2D eigenvalue weighted by atomic mass is 9.85. The van der Waals surface area contributed by atoms with Crippen molar-refractivity contribution in [3.63, 3.8) is 0 Å². The average molecular weight is 313 g/mol. The van der Waals surface area contributed by atoms with Crippen molar-refractivity contribution >= 4 is 40.0 Å². The van der Waals surface area contributed by atoms with E-state index in [1.54, 1.807) is 12.3 Å². The molecule has 1 aromatic heterocycles. The van der Waals surface area contributed by atoms with Crippen molar-refractivity contribution in [3.05, 3.63) is 47.6 Å². The highest BCUT2D eigenvalue weighted by molar-refractivity contribution is 6.31. The van der Waals surface area contributed by atoms with Gasteiger partial charge in [-0.2, -0.15) is 0 Å². The zero-order valence-corrected chi connectivity index (χ0v) is 12.5. The summed E-state index contributed by atoms with van der Waals surface area (Å²) in [5.41, 5.74) is 1.24. The molecule has 2 amide bonds. The van der Waals surface area contributed by atoms with Gasteiger partial charge >= 0.3 is 0 Å². The second-order valence-corrected chi connectivity index (χ2v) is 6.15. The largest absolute Gasteiger partial charge is 0.274 e. The van der Waals surface area contributed by atoms with E-state index < -0.39 is 0 Å². The number of fused-ring (bicyclic) bond motifs is 2. The van der Waals surface area contributed by atoms with Gasteiger partial charge in [0.25, 0.3) is 0 Å². The molecule has 0 spiro atoms. The van der Waals surface area contributed by atoms with Gasteiger partial charge in [-0.25, -0.2) is 4.90 Å². The fourth-order valence-electron chi connectivity index (χ4n) is 3.33. The predicted octanol–water partition coefficient (Wildman–Crippen LogP) is 3.26. The van der Waals surface area contributed by atoms with Crippen molar-refractivity contribution < 1.29 is 9.59 Å². The molecule has 1 saturated heterocycles. The molecule has 1 aromatic carbocycles. The summed E-state index contributed by atoms with van der Waals surface area (Å²) in [5.74, 6) is -0.953. The molecule has 1 aliphatic heterocycles. The highest BCUT2D eigenvalue weighted by Gasteiger charge is 2.49. The summed E-state index contributed by atoms with van der Waals surface area (Å²) in [4.78, 5) is 31.1. The number of halogens is 1. The van der Waals surface area contributed by atoms with Crippen molar-refractivity contribution in [2.24, 2.45) is 11.8 Å². The van der Waals surface area contributed by atoms with E-state index in [1.165, 1.54) is 4.90 Å². The molecule has 4 nitrogen and oxygen atoms in total. The summed E-state index contributed by atoms with van der Waals surface area (Å²) in [5, 5.41) is 1.58. The minimum atomic E-state index is -0.344. The minimum Gasteiger partial charge on any atom is -0.274 e. The molecule has 1 aliphatic carbocycles. The van der Waals surface area contributed by atoms with Crippen LogP contribution in [-0.4, -0.2) is 16.8 Å². The number of anilines is 1. The Kier molecular flexibility index (Phi) is 3.01. The van der Waals surface area contributed by atoms with Gasteiger partial charge in [-0.1, -0.05) is 35.9 Å². The summed E-state index contributed by atoms with van der Waals surface area (Å²) in [7, 11) is 0. The van der Waals surface area contributed by atoms with Crippen LogP contribution in [0.5, 0.6) is 0 Å². The number of para-hydroxylation sites is 1. The van der Waals surface area contributed by atoms with Gasteiger partial charge in [-0.05, 0) is 25.0 Å². The van der Waals surface area contributed by atoms with Gasteiger partial charge in [-0.15, -0.1) is 0 Å². The number of amides is 2. The van der Waals surface area contributed by atoms with Gasteiger partial charge in [0, 0.05) is 16.6 Å². The first kappa shape index (κ1) is 13.5. The van der Waals surface area contributed by atoms with Crippen LogP contribution in [0.3, 0.4) is 0 Å². The van der Waals surface area contributed by atoms with E-state index in [4.69, 9.17) is 11.6 Å². The molecule has 0 saturated carbocycles. The monoisotopic (exact) mass is 312 g/mol. The fourth-order valence-corrected chi connectivity index (χ4v) is 3.59. The number of hydrogen-bond acceptors (Lipinski definition) is 3. The van der Waals surface area contributed by atoms with Crippen LogP contribution in [0.1, 0.15) is 12.8 Å². The molecule has 1 fully saturated rings. The number of rotatable bonds is 1. The molecule has 22 heavy (non-hydrogen) atoms. The van der Waals surface area contributed by atoms with Gasteiger partial charge in [0.2, 0.25) is 11.8 Å². The molecule has 0 bridgehead atoms. The highest BCUT2D eigenvalue weighted by atomic mass is 35.5. The normalized spacial score (nSPS) is 24.6. The molecule has 2 heterocycles. The Morgan fingerprint density at radius 1 is 1.09 bits per heavy atom. The van der Waals surface area contributed by atoms with Crippen LogP contribution < -0.4 is 4.90 Å². The second kappa shape index (κ2) is 4.92. The first-order valence-electron chi connectivity index (χ1n) is 7.23.